The van der Waals surface area contributed by atoms with Crippen molar-refractivity contribution in [1.29, 1.82) is 0 Å². The monoisotopic (exact) mass is 488 g/mol. The van der Waals surface area contributed by atoms with E-state index in [4.69, 9.17) is 0 Å². The highest BCUT2D eigenvalue weighted by Crippen LogP contribution is 2.29. The van der Waals surface area contributed by atoms with Gasteiger partial charge in [0.15, 0.2) is 5.82 Å². The van der Waals surface area contributed by atoms with Crippen LogP contribution in [-0.2, 0) is 12.7 Å². The number of carbonyl (C=O) groups is 2. The molecule has 0 aliphatic carbocycles. The van der Waals surface area contributed by atoms with Gasteiger partial charge in [0.25, 0.3) is 5.91 Å². The Morgan fingerprint density at radius 3 is 2.23 bits per heavy atom. The fraction of sp³-hybridized carbons (Fsp3) is 0.333. The number of alkyl halides is 3. The van der Waals surface area contributed by atoms with Crippen LogP contribution >= 0.6 is 0 Å². The molecule has 0 atom stereocenters. The Hall–Kier alpha value is -3.89. The summed E-state index contributed by atoms with van der Waals surface area (Å²) in [5, 5.41) is 12.5. The van der Waals surface area contributed by atoms with Crippen molar-refractivity contribution in [2.24, 2.45) is 0 Å². The lowest BCUT2D eigenvalue weighted by Gasteiger charge is -2.13. The van der Waals surface area contributed by atoms with Crippen LogP contribution in [0.25, 0.3) is 5.82 Å². The lowest BCUT2D eigenvalue weighted by atomic mass is 10.1. The average molecular weight is 489 g/mol. The van der Waals surface area contributed by atoms with Crippen LogP contribution in [0.2, 0.25) is 0 Å². The number of anilines is 1. The number of amides is 3. The quantitative estimate of drug-likeness (QED) is 0.442. The molecule has 3 amide bonds. The van der Waals surface area contributed by atoms with Crippen molar-refractivity contribution in [3.63, 3.8) is 0 Å². The van der Waals surface area contributed by atoms with Gasteiger partial charge >= 0.3 is 12.2 Å². The molecular formula is C24H27F3N6O2. The van der Waals surface area contributed by atoms with E-state index in [0.717, 1.165) is 17.8 Å². The Morgan fingerprint density at radius 1 is 1.00 bits per heavy atom. The third-order valence-corrected chi connectivity index (χ3v) is 4.97. The zero-order valence-corrected chi connectivity index (χ0v) is 19.8. The molecule has 0 aliphatic rings. The minimum Gasteiger partial charge on any atom is -0.348 e. The number of pyridine rings is 1. The maximum Gasteiger partial charge on any atom is 0.417 e. The van der Waals surface area contributed by atoms with Crippen molar-refractivity contribution in [3.8, 4) is 5.82 Å². The molecule has 3 aromatic rings. The van der Waals surface area contributed by atoms with Gasteiger partial charge in [-0.15, -0.1) is 0 Å². The standard InChI is InChI=1S/C24H27F3N6O2/c1-14(2)21-19(13-30-33(21)20-10-7-17(12-28-20)24(25,26)27)22(34)29-11-16-5-8-18(9-6-16)32-23(35)31-15(3)4/h5-10,12-15H,11H2,1-4H3,(H,29,34)(H2,31,32,35). The van der Waals surface area contributed by atoms with Crippen LogP contribution < -0.4 is 16.0 Å². The topological polar surface area (TPSA) is 101 Å². The number of hydrogen-bond acceptors (Lipinski definition) is 4. The maximum absolute atomic E-state index is 12.9. The number of halogens is 3. The predicted octanol–water partition coefficient (Wildman–Crippen LogP) is 4.87. The summed E-state index contributed by atoms with van der Waals surface area (Å²) in [6.45, 7) is 7.67. The second-order valence-corrected chi connectivity index (χ2v) is 8.55. The summed E-state index contributed by atoms with van der Waals surface area (Å²) < 4.78 is 39.9. The number of benzene rings is 1. The van der Waals surface area contributed by atoms with Crippen LogP contribution in [-0.4, -0.2) is 32.7 Å². The van der Waals surface area contributed by atoms with Gasteiger partial charge in [-0.25, -0.2) is 14.5 Å². The summed E-state index contributed by atoms with van der Waals surface area (Å²) in [6.07, 6.45) is -2.37. The largest absolute Gasteiger partial charge is 0.417 e. The minimum atomic E-state index is -4.49. The van der Waals surface area contributed by atoms with Gasteiger partial charge in [-0.05, 0) is 49.6 Å². The summed E-state index contributed by atoms with van der Waals surface area (Å²) in [4.78, 5) is 28.6. The highest BCUT2D eigenvalue weighted by Gasteiger charge is 2.31. The number of urea groups is 1. The molecule has 0 fully saturated rings. The van der Waals surface area contributed by atoms with Crippen molar-refractivity contribution in [2.45, 2.75) is 52.4 Å². The van der Waals surface area contributed by atoms with Crippen molar-refractivity contribution in [1.82, 2.24) is 25.4 Å². The van der Waals surface area contributed by atoms with Crippen LogP contribution in [0.4, 0.5) is 23.7 Å². The molecule has 0 bridgehead atoms. The van der Waals surface area contributed by atoms with Crippen LogP contribution in [0, 0.1) is 0 Å². The molecule has 2 heterocycles. The molecule has 1 aromatic carbocycles. The van der Waals surface area contributed by atoms with Gasteiger partial charge in [0.2, 0.25) is 0 Å². The summed E-state index contributed by atoms with van der Waals surface area (Å²) in [6, 6.07) is 8.89. The molecule has 11 heteroatoms. The van der Waals surface area contributed by atoms with Gasteiger partial charge < -0.3 is 16.0 Å². The van der Waals surface area contributed by atoms with E-state index in [1.165, 1.54) is 16.9 Å². The molecule has 0 aliphatic heterocycles. The Kier molecular flexibility index (Phi) is 7.78. The average Bonchev–Trinajstić information content (AvgIpc) is 3.23. The van der Waals surface area contributed by atoms with Crippen molar-refractivity contribution in [2.75, 3.05) is 5.32 Å². The third kappa shape index (κ3) is 6.58. The van der Waals surface area contributed by atoms with E-state index in [1.807, 2.05) is 27.7 Å². The van der Waals surface area contributed by atoms with E-state index in [-0.39, 0.29) is 36.3 Å². The number of nitrogens with one attached hydrogen (secondary N) is 3. The zero-order valence-electron chi connectivity index (χ0n) is 19.8. The van der Waals surface area contributed by atoms with Crippen molar-refractivity contribution < 1.29 is 22.8 Å². The number of nitrogens with zero attached hydrogens (tertiary/aromatic N) is 3. The van der Waals surface area contributed by atoms with E-state index in [2.05, 4.69) is 26.0 Å². The lowest BCUT2D eigenvalue weighted by Crippen LogP contribution is -2.34. The number of carbonyl (C=O) groups excluding carboxylic acids is 2. The molecular weight excluding hydrogens is 461 g/mol. The smallest absolute Gasteiger partial charge is 0.348 e. The van der Waals surface area contributed by atoms with Crippen LogP contribution in [0.1, 0.15) is 60.8 Å². The fourth-order valence-electron chi connectivity index (χ4n) is 3.36. The number of rotatable bonds is 7. The summed E-state index contributed by atoms with van der Waals surface area (Å²) in [5.74, 6) is -0.333. The Labute approximate surface area is 200 Å². The van der Waals surface area contributed by atoms with Gasteiger partial charge in [-0.2, -0.15) is 18.3 Å². The first-order chi connectivity index (χ1) is 16.5. The van der Waals surface area contributed by atoms with E-state index in [0.29, 0.717) is 16.9 Å². The van der Waals surface area contributed by atoms with Crippen LogP contribution in [0.3, 0.4) is 0 Å². The third-order valence-electron chi connectivity index (χ3n) is 4.97. The van der Waals surface area contributed by atoms with Gasteiger partial charge in [0, 0.05) is 24.5 Å². The number of aromatic nitrogens is 3. The fourth-order valence-corrected chi connectivity index (χ4v) is 3.36. The molecule has 35 heavy (non-hydrogen) atoms. The molecule has 0 unspecified atom stereocenters. The Balaban J connectivity index is 1.70. The first-order valence-electron chi connectivity index (χ1n) is 11.0. The van der Waals surface area contributed by atoms with Crippen molar-refractivity contribution >= 4 is 17.6 Å². The van der Waals surface area contributed by atoms with E-state index in [1.54, 1.807) is 24.3 Å². The summed E-state index contributed by atoms with van der Waals surface area (Å²) in [5.41, 5.74) is 1.41. The second-order valence-electron chi connectivity index (χ2n) is 8.55. The van der Waals surface area contributed by atoms with E-state index >= 15 is 0 Å². The Bertz CT molecular complexity index is 1170. The first kappa shape index (κ1) is 25.7. The predicted molar refractivity (Wildman–Crippen MR) is 125 cm³/mol. The molecule has 0 radical (unpaired) electrons. The molecule has 3 rings (SSSR count). The van der Waals surface area contributed by atoms with Gasteiger partial charge in [0.05, 0.1) is 23.0 Å². The molecule has 0 spiro atoms. The molecule has 2 aromatic heterocycles. The Morgan fingerprint density at radius 2 is 1.69 bits per heavy atom. The minimum absolute atomic E-state index is 0.0135. The maximum atomic E-state index is 12.9. The molecule has 3 N–H and O–H groups in total. The molecule has 0 saturated carbocycles. The molecule has 8 nitrogen and oxygen atoms in total. The van der Waals surface area contributed by atoms with Crippen LogP contribution in [0.15, 0.2) is 48.8 Å². The highest BCUT2D eigenvalue weighted by atomic mass is 19.4. The normalized spacial score (nSPS) is 11.6. The van der Waals surface area contributed by atoms with Gasteiger partial charge in [-0.1, -0.05) is 26.0 Å². The summed E-state index contributed by atoms with van der Waals surface area (Å²) >= 11 is 0. The van der Waals surface area contributed by atoms with E-state index in [9.17, 15) is 22.8 Å². The van der Waals surface area contributed by atoms with Gasteiger partial charge in [0.1, 0.15) is 0 Å². The van der Waals surface area contributed by atoms with Gasteiger partial charge in [-0.3, -0.25) is 4.79 Å². The second kappa shape index (κ2) is 10.6. The van der Waals surface area contributed by atoms with Crippen LogP contribution in [0.5, 0.6) is 0 Å². The molecule has 186 valence electrons. The SMILES string of the molecule is CC(C)NC(=O)Nc1ccc(CNC(=O)c2cnn(-c3ccc(C(F)(F)F)cn3)c2C(C)C)cc1. The zero-order chi connectivity index (χ0) is 25.8. The highest BCUT2D eigenvalue weighted by molar-refractivity contribution is 5.95. The lowest BCUT2D eigenvalue weighted by molar-refractivity contribution is -0.137. The van der Waals surface area contributed by atoms with E-state index < -0.39 is 11.7 Å². The van der Waals surface area contributed by atoms with Crippen molar-refractivity contribution in [3.05, 3.63) is 71.2 Å². The number of hydrogen-bond donors (Lipinski definition) is 3. The first-order valence-corrected chi connectivity index (χ1v) is 11.0. The summed E-state index contributed by atoms with van der Waals surface area (Å²) in [7, 11) is 0. The molecule has 0 saturated heterocycles.